The van der Waals surface area contributed by atoms with E-state index >= 15 is 0 Å². The smallest absolute Gasteiger partial charge is 0.253 e. The van der Waals surface area contributed by atoms with Gasteiger partial charge in [0.05, 0.1) is 22.5 Å². The Bertz CT molecular complexity index is 1020. The number of hydrogen-bond donors (Lipinski definition) is 2. The molecule has 0 saturated heterocycles. The summed E-state index contributed by atoms with van der Waals surface area (Å²) < 4.78 is 18.8. The number of benzene rings is 1. The molecule has 1 amide bonds. The van der Waals surface area contributed by atoms with Gasteiger partial charge >= 0.3 is 0 Å². The van der Waals surface area contributed by atoms with Crippen molar-refractivity contribution in [2.45, 2.75) is 110 Å². The highest BCUT2D eigenvalue weighted by atomic mass is 32.2. The first-order valence-electron chi connectivity index (χ1n) is 13.1. The number of nitrogens with one attached hydrogen (secondary N) is 2. The van der Waals surface area contributed by atoms with Crippen molar-refractivity contribution < 1.29 is 9.35 Å². The van der Waals surface area contributed by atoms with Crippen molar-refractivity contribution in [3.8, 4) is 11.3 Å². The summed E-state index contributed by atoms with van der Waals surface area (Å²) in [6, 6.07) is 8.31. The van der Waals surface area contributed by atoms with Crippen LogP contribution in [0.1, 0.15) is 102 Å². The topological polar surface area (TPSA) is 69.1 Å². The normalized spacial score (nSPS) is 16.4. The maximum absolute atomic E-state index is 13.3. The van der Waals surface area contributed by atoms with Crippen LogP contribution in [0.2, 0.25) is 0 Å². The van der Waals surface area contributed by atoms with Crippen molar-refractivity contribution in [1.82, 2.24) is 14.6 Å². The van der Waals surface area contributed by atoms with Crippen molar-refractivity contribution in [3.05, 3.63) is 41.1 Å². The average Bonchev–Trinajstić information content (AvgIpc) is 3.08. The Hall–Kier alpha value is -1.76. The molecule has 0 aliphatic heterocycles. The molecule has 3 rings (SSSR count). The minimum Gasteiger partial charge on any atom is -0.593 e. The molecule has 2 aromatic rings. The standard InChI is InChI=1S/C29H45N3O2S/c1-9-30-27(33)23-18-25(32(20(23)2)19-21-13-11-10-12-14-21)22-15-16-26(24(17-22)28(3,4)5)35(34)31-29(6,7)8/h15-18,21,31H,9-14,19H2,1-8H3,(H,30,33). The van der Waals surface area contributed by atoms with Crippen LogP contribution in [0.5, 0.6) is 0 Å². The van der Waals surface area contributed by atoms with E-state index in [1.54, 1.807) is 0 Å². The van der Waals surface area contributed by atoms with Crippen LogP contribution in [0, 0.1) is 12.8 Å². The van der Waals surface area contributed by atoms with Crippen LogP contribution >= 0.6 is 0 Å². The molecule has 1 unspecified atom stereocenters. The first-order chi connectivity index (χ1) is 16.3. The third kappa shape index (κ3) is 6.93. The van der Waals surface area contributed by atoms with Crippen molar-refractivity contribution in [3.63, 3.8) is 0 Å². The summed E-state index contributed by atoms with van der Waals surface area (Å²) in [6.45, 7) is 18.1. The van der Waals surface area contributed by atoms with Crippen molar-refractivity contribution in [2.75, 3.05) is 6.54 Å². The largest absolute Gasteiger partial charge is 0.593 e. The van der Waals surface area contributed by atoms with Crippen LogP contribution in [-0.4, -0.2) is 27.1 Å². The zero-order chi connectivity index (χ0) is 26.0. The summed E-state index contributed by atoms with van der Waals surface area (Å²) in [6.07, 6.45) is 6.40. The van der Waals surface area contributed by atoms with Crippen LogP contribution in [0.4, 0.5) is 0 Å². The molecule has 6 heteroatoms. The van der Waals surface area contributed by atoms with E-state index in [-0.39, 0.29) is 16.9 Å². The highest BCUT2D eigenvalue weighted by molar-refractivity contribution is 7.89. The van der Waals surface area contributed by atoms with Crippen LogP contribution in [0.25, 0.3) is 11.3 Å². The lowest BCUT2D eigenvalue weighted by molar-refractivity contribution is 0.0955. The van der Waals surface area contributed by atoms with Crippen LogP contribution < -0.4 is 10.0 Å². The Morgan fingerprint density at radius 2 is 1.74 bits per heavy atom. The molecular formula is C29H45N3O2S. The molecule has 1 fully saturated rings. The second-order valence-corrected chi connectivity index (χ2v) is 13.3. The third-order valence-corrected chi connectivity index (χ3v) is 8.35. The monoisotopic (exact) mass is 499 g/mol. The van der Waals surface area contributed by atoms with Gasteiger partial charge in [-0.25, -0.2) is 0 Å². The number of rotatable bonds is 7. The zero-order valence-electron chi connectivity index (χ0n) is 23.0. The van der Waals surface area contributed by atoms with E-state index in [1.165, 1.54) is 32.1 Å². The number of amides is 1. The van der Waals surface area contributed by atoms with Gasteiger partial charge in [-0.3, -0.25) is 4.79 Å². The lowest BCUT2D eigenvalue weighted by Gasteiger charge is -2.28. The Labute approximate surface area is 215 Å². The first kappa shape index (κ1) is 27.8. The molecule has 1 aromatic heterocycles. The van der Waals surface area contributed by atoms with E-state index in [0.29, 0.717) is 12.5 Å². The highest BCUT2D eigenvalue weighted by Crippen LogP contribution is 2.36. The third-order valence-electron chi connectivity index (χ3n) is 6.80. The maximum Gasteiger partial charge on any atom is 0.253 e. The maximum atomic E-state index is 13.3. The molecular weight excluding hydrogens is 454 g/mol. The van der Waals surface area contributed by atoms with Gasteiger partial charge < -0.3 is 14.4 Å². The number of nitrogens with zero attached hydrogens (tertiary/aromatic N) is 1. The summed E-state index contributed by atoms with van der Waals surface area (Å²) in [5.74, 6) is 0.623. The fourth-order valence-corrected chi connectivity index (χ4v) is 6.43. The molecule has 1 heterocycles. The van der Waals surface area contributed by atoms with Gasteiger partial charge in [-0.15, -0.1) is 4.72 Å². The fourth-order valence-electron chi connectivity index (χ4n) is 5.00. The Balaban J connectivity index is 2.11. The highest BCUT2D eigenvalue weighted by Gasteiger charge is 2.30. The van der Waals surface area contributed by atoms with E-state index in [9.17, 15) is 9.35 Å². The fraction of sp³-hybridized carbons (Fsp3) is 0.621. The predicted octanol–water partition coefficient (Wildman–Crippen LogP) is 6.50. The molecule has 2 N–H and O–H groups in total. The summed E-state index contributed by atoms with van der Waals surface area (Å²) >= 11 is -1.32. The molecule has 1 saturated carbocycles. The molecule has 1 aliphatic rings. The quantitative estimate of drug-likeness (QED) is 0.427. The summed E-state index contributed by atoms with van der Waals surface area (Å²) in [4.78, 5) is 13.7. The number of hydrogen-bond acceptors (Lipinski definition) is 3. The summed E-state index contributed by atoms with van der Waals surface area (Å²) in [7, 11) is 0. The van der Waals surface area contributed by atoms with Gasteiger partial charge in [-0.2, -0.15) is 0 Å². The molecule has 5 nitrogen and oxygen atoms in total. The summed E-state index contributed by atoms with van der Waals surface area (Å²) in [5.41, 5.74) is 4.53. The van der Waals surface area contributed by atoms with Crippen LogP contribution in [0.3, 0.4) is 0 Å². The molecule has 0 bridgehead atoms. The molecule has 1 aliphatic carbocycles. The van der Waals surface area contributed by atoms with Gasteiger partial charge in [0.25, 0.3) is 5.91 Å². The molecule has 1 aromatic carbocycles. The molecule has 194 valence electrons. The summed E-state index contributed by atoms with van der Waals surface area (Å²) in [5, 5.41) is 2.98. The molecule has 1 atom stereocenters. The van der Waals surface area contributed by atoms with E-state index in [1.807, 2.05) is 33.8 Å². The van der Waals surface area contributed by atoms with Gasteiger partial charge in [-0.05, 0) is 88.6 Å². The lowest BCUT2D eigenvalue weighted by Crippen LogP contribution is -2.41. The Kier molecular flexibility index (Phi) is 8.82. The Morgan fingerprint density at radius 3 is 2.31 bits per heavy atom. The number of carbonyl (C=O) groups excluding carboxylic acids is 1. The van der Waals surface area contributed by atoms with Crippen molar-refractivity contribution >= 4 is 17.3 Å². The van der Waals surface area contributed by atoms with Crippen molar-refractivity contribution in [1.29, 1.82) is 0 Å². The Morgan fingerprint density at radius 1 is 1.09 bits per heavy atom. The van der Waals surface area contributed by atoms with E-state index in [2.05, 4.69) is 60.5 Å². The molecule has 35 heavy (non-hydrogen) atoms. The van der Waals surface area contributed by atoms with Gasteiger partial charge in [0.1, 0.15) is 0 Å². The number of carbonyl (C=O) groups is 1. The zero-order valence-corrected chi connectivity index (χ0v) is 23.8. The van der Waals surface area contributed by atoms with E-state index in [4.69, 9.17) is 0 Å². The molecule has 0 spiro atoms. The second kappa shape index (κ2) is 11.1. The first-order valence-corrected chi connectivity index (χ1v) is 14.3. The average molecular weight is 500 g/mol. The van der Waals surface area contributed by atoms with Gasteiger partial charge in [0, 0.05) is 30.0 Å². The minimum atomic E-state index is -1.32. The SMILES string of the molecule is CCNC(=O)c1cc(-c2ccc([S+]([O-])NC(C)(C)C)c(C(C)(C)C)c2)n(CC2CCCCC2)c1C. The lowest BCUT2D eigenvalue weighted by atomic mass is 9.85. The predicted molar refractivity (Wildman–Crippen MR) is 147 cm³/mol. The van der Waals surface area contributed by atoms with Gasteiger partial charge in [0.15, 0.2) is 4.90 Å². The number of aromatic nitrogens is 1. The molecule has 0 radical (unpaired) electrons. The minimum absolute atomic E-state index is 0.0169. The second-order valence-electron chi connectivity index (χ2n) is 12.1. The van der Waals surface area contributed by atoms with Gasteiger partial charge in [-0.1, -0.05) is 40.0 Å². The van der Waals surface area contributed by atoms with E-state index < -0.39 is 11.4 Å². The van der Waals surface area contributed by atoms with Crippen LogP contribution in [-0.2, 0) is 23.3 Å². The van der Waals surface area contributed by atoms with Crippen molar-refractivity contribution in [2.24, 2.45) is 5.92 Å². The van der Waals surface area contributed by atoms with Gasteiger partial charge in [0.2, 0.25) is 0 Å². The van der Waals surface area contributed by atoms with Crippen LogP contribution in [0.15, 0.2) is 29.2 Å². The van der Waals surface area contributed by atoms with E-state index in [0.717, 1.165) is 39.5 Å².